The zero-order valence-corrected chi connectivity index (χ0v) is 8.61. The second-order valence-electron chi connectivity index (χ2n) is 2.86. The summed E-state index contributed by atoms with van der Waals surface area (Å²) in [5, 5.41) is -0.436. The van der Waals surface area contributed by atoms with Crippen LogP contribution in [0.4, 0.5) is 0 Å². The van der Waals surface area contributed by atoms with Gasteiger partial charge < -0.3 is 4.74 Å². The molecule has 0 N–H and O–H groups in total. The molecular weight excluding hydrogens is 188 g/mol. The standard InChI is InChI=1S/C10H11ClO2/c1-6-4-5-8(13-3)7(2)9(6)10(11)12/h4-5H,1-3H3. The summed E-state index contributed by atoms with van der Waals surface area (Å²) in [5.74, 6) is 0.689. The van der Waals surface area contributed by atoms with Crippen molar-refractivity contribution in [1.29, 1.82) is 0 Å². The van der Waals surface area contributed by atoms with E-state index in [2.05, 4.69) is 0 Å². The van der Waals surface area contributed by atoms with Crippen molar-refractivity contribution in [3.05, 3.63) is 28.8 Å². The monoisotopic (exact) mass is 198 g/mol. The van der Waals surface area contributed by atoms with Crippen LogP contribution in [0.2, 0.25) is 0 Å². The van der Waals surface area contributed by atoms with Crippen molar-refractivity contribution in [3.8, 4) is 5.75 Å². The molecule has 0 atom stereocenters. The summed E-state index contributed by atoms with van der Waals surface area (Å²) >= 11 is 5.45. The van der Waals surface area contributed by atoms with Gasteiger partial charge in [-0.1, -0.05) is 6.07 Å². The van der Waals surface area contributed by atoms with E-state index in [0.29, 0.717) is 11.3 Å². The largest absolute Gasteiger partial charge is 0.496 e. The fourth-order valence-electron chi connectivity index (χ4n) is 1.35. The smallest absolute Gasteiger partial charge is 0.253 e. The molecule has 13 heavy (non-hydrogen) atoms. The van der Waals surface area contributed by atoms with Gasteiger partial charge in [0, 0.05) is 11.1 Å². The van der Waals surface area contributed by atoms with Crippen LogP contribution in [0.5, 0.6) is 5.75 Å². The molecule has 0 spiro atoms. The number of benzene rings is 1. The number of aryl methyl sites for hydroxylation is 1. The lowest BCUT2D eigenvalue weighted by molar-refractivity contribution is 0.108. The molecule has 0 heterocycles. The third-order valence-corrected chi connectivity index (χ3v) is 2.23. The van der Waals surface area contributed by atoms with Crippen LogP contribution in [0.3, 0.4) is 0 Å². The maximum Gasteiger partial charge on any atom is 0.253 e. The topological polar surface area (TPSA) is 26.3 Å². The number of rotatable bonds is 2. The van der Waals surface area contributed by atoms with Crippen molar-refractivity contribution >= 4 is 16.8 Å². The van der Waals surface area contributed by atoms with Gasteiger partial charge in [0.1, 0.15) is 5.75 Å². The Morgan fingerprint density at radius 3 is 2.46 bits per heavy atom. The van der Waals surface area contributed by atoms with Gasteiger partial charge in [-0.25, -0.2) is 0 Å². The number of ether oxygens (including phenoxy) is 1. The first-order chi connectivity index (χ1) is 6.07. The molecule has 0 bridgehead atoms. The van der Waals surface area contributed by atoms with Crippen LogP contribution in [-0.4, -0.2) is 12.4 Å². The molecule has 0 aromatic heterocycles. The molecule has 0 fully saturated rings. The van der Waals surface area contributed by atoms with Gasteiger partial charge in [0.05, 0.1) is 7.11 Å². The maximum atomic E-state index is 11.1. The fraction of sp³-hybridized carbons (Fsp3) is 0.300. The summed E-state index contributed by atoms with van der Waals surface area (Å²) in [5.41, 5.74) is 2.21. The molecule has 0 saturated carbocycles. The Kier molecular flexibility index (Phi) is 2.94. The summed E-state index contributed by atoms with van der Waals surface area (Å²) in [6.07, 6.45) is 0. The molecule has 1 aromatic rings. The Morgan fingerprint density at radius 2 is 2.00 bits per heavy atom. The number of hydrogen-bond acceptors (Lipinski definition) is 2. The molecule has 0 aliphatic heterocycles. The van der Waals surface area contributed by atoms with Crippen molar-refractivity contribution in [1.82, 2.24) is 0 Å². The van der Waals surface area contributed by atoms with Crippen LogP contribution in [0.1, 0.15) is 21.5 Å². The van der Waals surface area contributed by atoms with Gasteiger partial charge in [-0.15, -0.1) is 0 Å². The van der Waals surface area contributed by atoms with E-state index in [0.717, 1.165) is 11.1 Å². The van der Waals surface area contributed by atoms with Crippen LogP contribution in [0.15, 0.2) is 12.1 Å². The number of hydrogen-bond donors (Lipinski definition) is 0. The van der Waals surface area contributed by atoms with Gasteiger partial charge in [-0.3, -0.25) is 4.79 Å². The molecule has 0 aliphatic carbocycles. The van der Waals surface area contributed by atoms with Gasteiger partial charge in [-0.2, -0.15) is 0 Å². The Hall–Kier alpha value is -1.02. The summed E-state index contributed by atoms with van der Waals surface area (Å²) < 4.78 is 5.08. The third kappa shape index (κ3) is 1.83. The highest BCUT2D eigenvalue weighted by Crippen LogP contribution is 2.25. The molecule has 70 valence electrons. The van der Waals surface area contributed by atoms with E-state index < -0.39 is 5.24 Å². The molecular formula is C10H11ClO2. The molecule has 1 aromatic carbocycles. The Labute approximate surface area is 82.5 Å². The molecule has 0 radical (unpaired) electrons. The van der Waals surface area contributed by atoms with E-state index in [9.17, 15) is 4.79 Å². The lowest BCUT2D eigenvalue weighted by Crippen LogP contribution is -1.99. The summed E-state index contributed by atoms with van der Waals surface area (Å²) in [4.78, 5) is 11.1. The average Bonchev–Trinajstić information content (AvgIpc) is 2.04. The van der Waals surface area contributed by atoms with Gasteiger partial charge >= 0.3 is 0 Å². The minimum atomic E-state index is -0.436. The highest BCUT2D eigenvalue weighted by atomic mass is 35.5. The fourth-order valence-corrected chi connectivity index (χ4v) is 1.64. The number of carbonyl (C=O) groups is 1. The van der Waals surface area contributed by atoms with E-state index in [4.69, 9.17) is 16.3 Å². The Morgan fingerprint density at radius 1 is 1.38 bits per heavy atom. The van der Waals surface area contributed by atoms with Crippen LogP contribution < -0.4 is 4.74 Å². The number of methoxy groups -OCH3 is 1. The van der Waals surface area contributed by atoms with E-state index >= 15 is 0 Å². The van der Waals surface area contributed by atoms with Crippen LogP contribution in [-0.2, 0) is 0 Å². The molecule has 0 amide bonds. The minimum Gasteiger partial charge on any atom is -0.496 e. The lowest BCUT2D eigenvalue weighted by atomic mass is 10.0. The second-order valence-corrected chi connectivity index (χ2v) is 3.20. The molecule has 1 rings (SSSR count). The second kappa shape index (κ2) is 3.79. The number of halogens is 1. The highest BCUT2D eigenvalue weighted by molar-refractivity contribution is 6.68. The van der Waals surface area contributed by atoms with Crippen LogP contribution in [0, 0.1) is 13.8 Å². The van der Waals surface area contributed by atoms with E-state index in [1.54, 1.807) is 7.11 Å². The summed E-state index contributed by atoms with van der Waals surface area (Å²) in [6.45, 7) is 3.67. The maximum absolute atomic E-state index is 11.1. The summed E-state index contributed by atoms with van der Waals surface area (Å²) in [6, 6.07) is 3.65. The van der Waals surface area contributed by atoms with Gasteiger partial charge in [0.15, 0.2) is 0 Å². The van der Waals surface area contributed by atoms with Gasteiger partial charge in [-0.05, 0) is 37.1 Å². The quantitative estimate of drug-likeness (QED) is 0.683. The van der Waals surface area contributed by atoms with E-state index in [1.165, 1.54) is 0 Å². The van der Waals surface area contributed by atoms with Crippen molar-refractivity contribution in [2.45, 2.75) is 13.8 Å². The summed E-state index contributed by atoms with van der Waals surface area (Å²) in [7, 11) is 1.57. The first kappa shape index (κ1) is 10.1. The molecule has 2 nitrogen and oxygen atoms in total. The van der Waals surface area contributed by atoms with Crippen LogP contribution in [0.25, 0.3) is 0 Å². The molecule has 3 heteroatoms. The molecule has 0 aliphatic rings. The minimum absolute atomic E-state index is 0.436. The van der Waals surface area contributed by atoms with Crippen molar-refractivity contribution in [2.24, 2.45) is 0 Å². The Bertz CT molecular complexity index is 345. The van der Waals surface area contributed by atoms with Crippen molar-refractivity contribution < 1.29 is 9.53 Å². The zero-order chi connectivity index (χ0) is 10.0. The third-order valence-electron chi connectivity index (χ3n) is 2.04. The van der Waals surface area contributed by atoms with E-state index in [-0.39, 0.29) is 0 Å². The van der Waals surface area contributed by atoms with Gasteiger partial charge in [0.2, 0.25) is 0 Å². The van der Waals surface area contributed by atoms with Crippen LogP contribution >= 0.6 is 11.6 Å². The predicted octanol–water partition coefficient (Wildman–Crippen LogP) is 2.69. The van der Waals surface area contributed by atoms with Gasteiger partial charge in [0.25, 0.3) is 5.24 Å². The average molecular weight is 199 g/mol. The molecule has 0 saturated heterocycles. The SMILES string of the molecule is COc1ccc(C)c(C(=O)Cl)c1C. The normalized spacial score (nSPS) is 9.85. The highest BCUT2D eigenvalue weighted by Gasteiger charge is 2.12. The zero-order valence-electron chi connectivity index (χ0n) is 7.85. The first-order valence-electron chi connectivity index (χ1n) is 3.92. The first-order valence-corrected chi connectivity index (χ1v) is 4.29. The Balaban J connectivity index is 3.38. The predicted molar refractivity (Wildman–Crippen MR) is 52.7 cm³/mol. The van der Waals surface area contributed by atoms with Crippen molar-refractivity contribution in [2.75, 3.05) is 7.11 Å². The molecule has 0 unspecified atom stereocenters. The van der Waals surface area contributed by atoms with Crippen molar-refractivity contribution in [3.63, 3.8) is 0 Å². The number of carbonyl (C=O) groups excluding carboxylic acids is 1. The van der Waals surface area contributed by atoms with E-state index in [1.807, 2.05) is 26.0 Å². The lowest BCUT2D eigenvalue weighted by Gasteiger charge is -2.09.